The van der Waals surface area contributed by atoms with Gasteiger partial charge in [0.05, 0.1) is 0 Å². The zero-order chi connectivity index (χ0) is 17.1. The van der Waals surface area contributed by atoms with E-state index in [1.807, 2.05) is 0 Å². The van der Waals surface area contributed by atoms with E-state index in [1.54, 1.807) is 0 Å². The lowest BCUT2D eigenvalue weighted by atomic mass is 10.1. The van der Waals surface area contributed by atoms with Gasteiger partial charge in [0.25, 0.3) is 0 Å². The number of aryl methyl sites for hydroxylation is 1. The Morgan fingerprint density at radius 3 is 2.62 bits per heavy atom. The lowest BCUT2D eigenvalue weighted by Gasteiger charge is -2.10. The number of allylic oxidation sites excluding steroid dienone is 2. The highest BCUT2D eigenvalue weighted by Crippen LogP contribution is 2.25. The van der Waals surface area contributed by atoms with Crippen LogP contribution in [0.1, 0.15) is 49.1 Å². The topological polar surface area (TPSA) is 55.6 Å². The van der Waals surface area contributed by atoms with Crippen LogP contribution in [0.5, 0.6) is 0 Å². The molecule has 2 aromatic heterocycles. The Bertz CT molecular complexity index is 1060. The van der Waals surface area contributed by atoms with Crippen LogP contribution in [0.2, 0.25) is 0 Å². The minimum atomic E-state index is 0.435. The van der Waals surface area contributed by atoms with Gasteiger partial charge in [0.1, 0.15) is 0 Å². The molecule has 2 aromatic rings. The number of hydrogen-bond donors (Lipinski definition) is 4. The fourth-order valence-corrected chi connectivity index (χ4v) is 4.93. The third-order valence-corrected chi connectivity index (χ3v) is 6.20. The molecule has 6 rings (SSSR count). The van der Waals surface area contributed by atoms with E-state index in [0.29, 0.717) is 12.1 Å². The summed E-state index contributed by atoms with van der Waals surface area (Å²) in [7, 11) is 0. The first-order valence-electron chi connectivity index (χ1n) is 9.87. The number of fused-ring (bicyclic) bond motifs is 8. The molecule has 3 aliphatic heterocycles. The van der Waals surface area contributed by atoms with Gasteiger partial charge in [-0.05, 0) is 86.1 Å². The second kappa shape index (κ2) is 5.44. The summed E-state index contributed by atoms with van der Waals surface area (Å²) in [6.45, 7) is 0. The highest BCUT2D eigenvalue weighted by molar-refractivity contribution is 5.67. The van der Waals surface area contributed by atoms with E-state index in [1.165, 1.54) is 57.5 Å². The summed E-state index contributed by atoms with van der Waals surface area (Å²) in [5.74, 6) is 0. The van der Waals surface area contributed by atoms with Gasteiger partial charge in [-0.25, -0.2) is 0 Å². The molecular weight excluding hydrogens is 320 g/mol. The maximum Gasteiger partial charge on any atom is 0.0471 e. The molecule has 1 aliphatic carbocycles. The summed E-state index contributed by atoms with van der Waals surface area (Å²) in [4.78, 5) is 7.32. The Labute approximate surface area is 152 Å². The highest BCUT2D eigenvalue weighted by atomic mass is 15.0. The van der Waals surface area contributed by atoms with Crippen molar-refractivity contribution < 1.29 is 0 Å². The molecule has 4 N–H and O–H groups in total. The highest BCUT2D eigenvalue weighted by Gasteiger charge is 2.22. The minimum absolute atomic E-state index is 0.435. The molecule has 132 valence electrons. The van der Waals surface area contributed by atoms with Crippen LogP contribution in [-0.2, 0) is 6.42 Å². The molecule has 5 heterocycles. The van der Waals surface area contributed by atoms with Crippen molar-refractivity contribution in [2.75, 3.05) is 0 Å². The molecule has 0 radical (unpaired) electrons. The number of rotatable bonds is 0. The first kappa shape index (κ1) is 14.5. The van der Waals surface area contributed by atoms with Gasteiger partial charge in [-0.3, -0.25) is 0 Å². The predicted octanol–water partition coefficient (Wildman–Crippen LogP) is 2.01. The van der Waals surface area contributed by atoms with Crippen LogP contribution in [0.4, 0.5) is 0 Å². The SMILES string of the molecule is C1=C2/CCC(/C=C3/CCC(/C=c4/cc5c([nH]4)=C(CC5)c4ccc/1[nH]4)N3)N2. The molecule has 2 saturated heterocycles. The van der Waals surface area contributed by atoms with Gasteiger partial charge >= 0.3 is 0 Å². The molecule has 2 atom stereocenters. The molecule has 0 saturated carbocycles. The van der Waals surface area contributed by atoms with Gasteiger partial charge < -0.3 is 20.6 Å². The smallest absolute Gasteiger partial charge is 0.0471 e. The average molecular weight is 344 g/mol. The monoisotopic (exact) mass is 344 g/mol. The molecule has 4 aliphatic rings. The van der Waals surface area contributed by atoms with Crippen LogP contribution in [0, 0.1) is 0 Å². The number of nitrogens with one attached hydrogen (secondary N) is 4. The van der Waals surface area contributed by atoms with Crippen molar-refractivity contribution in [2.24, 2.45) is 0 Å². The predicted molar refractivity (Wildman–Crippen MR) is 105 cm³/mol. The van der Waals surface area contributed by atoms with E-state index in [0.717, 1.165) is 25.7 Å². The molecule has 2 fully saturated rings. The molecular formula is C22H24N4. The fraction of sp³-hybridized carbons (Fsp3) is 0.364. The lowest BCUT2D eigenvalue weighted by Crippen LogP contribution is -2.24. The minimum Gasteiger partial charge on any atom is -0.382 e. The Balaban J connectivity index is 1.53. The number of hydrogen-bond acceptors (Lipinski definition) is 2. The van der Waals surface area contributed by atoms with Crippen LogP contribution >= 0.6 is 0 Å². The van der Waals surface area contributed by atoms with Gasteiger partial charge in [-0.2, -0.15) is 0 Å². The van der Waals surface area contributed by atoms with Gasteiger partial charge in [-0.1, -0.05) is 0 Å². The van der Waals surface area contributed by atoms with E-state index in [9.17, 15) is 0 Å². The number of aromatic nitrogens is 2. The van der Waals surface area contributed by atoms with E-state index < -0.39 is 0 Å². The summed E-state index contributed by atoms with van der Waals surface area (Å²) < 4.78 is 0. The molecule has 2 unspecified atom stereocenters. The average Bonchev–Trinajstić information content (AvgIpc) is 3.38. The van der Waals surface area contributed by atoms with E-state index in [4.69, 9.17) is 0 Å². The van der Waals surface area contributed by atoms with E-state index >= 15 is 0 Å². The molecule has 0 aromatic carbocycles. The van der Waals surface area contributed by atoms with Crippen molar-refractivity contribution in [3.63, 3.8) is 0 Å². The molecule has 4 heteroatoms. The summed E-state index contributed by atoms with van der Waals surface area (Å²) in [5.41, 5.74) is 8.07. The number of H-pyrrole nitrogens is 2. The first-order chi connectivity index (χ1) is 12.8. The van der Waals surface area contributed by atoms with Crippen LogP contribution in [0.15, 0.2) is 35.7 Å². The molecule has 0 spiro atoms. The third kappa shape index (κ3) is 2.36. The Kier molecular flexibility index (Phi) is 3.04. The van der Waals surface area contributed by atoms with E-state index in [-0.39, 0.29) is 0 Å². The molecule has 26 heavy (non-hydrogen) atoms. The van der Waals surface area contributed by atoms with Crippen molar-refractivity contribution in [2.45, 2.75) is 50.6 Å². The van der Waals surface area contributed by atoms with Crippen molar-refractivity contribution >= 4 is 17.7 Å². The van der Waals surface area contributed by atoms with Gasteiger partial charge in [-0.15, -0.1) is 0 Å². The van der Waals surface area contributed by atoms with Crippen molar-refractivity contribution in [3.8, 4) is 0 Å². The standard InChI is InChI=1S/C22H24N4/c1-7-20-21-8-6-18(25-21)11-16-3-2-14(23-16)10-15-4-5-17(24-15)12-19-9-13(1)22(20)26-19/h6,8-12,14,17,23-26H,1-5,7H2/b15-10-,16-11-,19-12-. The third-order valence-electron chi connectivity index (χ3n) is 6.20. The van der Waals surface area contributed by atoms with Gasteiger partial charge in [0, 0.05) is 45.6 Å². The molecule has 8 bridgehead atoms. The van der Waals surface area contributed by atoms with Crippen LogP contribution in [0.25, 0.3) is 17.7 Å². The molecule has 0 amide bonds. The summed E-state index contributed by atoms with van der Waals surface area (Å²) in [6.07, 6.45) is 13.9. The van der Waals surface area contributed by atoms with Gasteiger partial charge in [0.15, 0.2) is 0 Å². The quantitative estimate of drug-likeness (QED) is 0.591. The second-order valence-corrected chi connectivity index (χ2v) is 8.04. The Hall–Kier alpha value is -2.62. The van der Waals surface area contributed by atoms with Crippen molar-refractivity contribution in [1.82, 2.24) is 20.6 Å². The fourth-order valence-electron chi connectivity index (χ4n) is 4.93. The van der Waals surface area contributed by atoms with E-state index in [2.05, 4.69) is 57.0 Å². The maximum atomic E-state index is 3.72. The lowest BCUT2D eigenvalue weighted by molar-refractivity contribution is 0.729. The first-order valence-corrected chi connectivity index (χ1v) is 9.87. The summed E-state index contributed by atoms with van der Waals surface area (Å²) >= 11 is 0. The molecule has 4 nitrogen and oxygen atoms in total. The zero-order valence-electron chi connectivity index (χ0n) is 14.9. The Morgan fingerprint density at radius 2 is 1.65 bits per heavy atom. The van der Waals surface area contributed by atoms with Crippen molar-refractivity contribution in [3.05, 3.63) is 63.3 Å². The van der Waals surface area contributed by atoms with Crippen molar-refractivity contribution in [1.29, 1.82) is 0 Å². The van der Waals surface area contributed by atoms with Crippen LogP contribution in [0.3, 0.4) is 0 Å². The van der Waals surface area contributed by atoms with Gasteiger partial charge in [0.2, 0.25) is 0 Å². The zero-order valence-corrected chi connectivity index (χ0v) is 14.9. The number of aromatic amines is 2. The second-order valence-electron chi connectivity index (χ2n) is 8.04. The summed E-state index contributed by atoms with van der Waals surface area (Å²) in [5, 5.41) is 10.00. The van der Waals surface area contributed by atoms with Crippen LogP contribution in [-0.4, -0.2) is 22.1 Å². The van der Waals surface area contributed by atoms with Crippen LogP contribution < -0.4 is 21.3 Å². The normalized spacial score (nSPS) is 31.4. The maximum absolute atomic E-state index is 3.72. The summed E-state index contributed by atoms with van der Waals surface area (Å²) in [6, 6.07) is 7.67. The Morgan fingerprint density at radius 1 is 0.808 bits per heavy atom. The largest absolute Gasteiger partial charge is 0.382 e.